The maximum Gasteiger partial charge on any atom is 0.512 e. The molecule has 4 heterocycles. The Morgan fingerprint density at radius 2 is 1.81 bits per heavy atom. The molecule has 0 N–H and O–H groups in total. The number of allylic oxidation sites excluding steroid dienone is 2. The number of hydrogen-bond donors (Lipinski definition) is 0. The standard InChI is InChI=1S/C40H41F3N6O9S/c1-27(59-32-21-54-38(55-22-32)5-3-2-4-29-7-6-28(18-44)16-34(29)42)40(23-49-25-45-24-46-49,33-9-8-30(41)17-35(33)43)58-39(52)57-26-56-37(51)11-10-36(50)48-19-31(20-48)47-12-14-53-15-13-47/h2-11,16-17,24-25,27,31-32,38H,12-15,19-23,26H2,1H3. The molecule has 312 valence electrons. The minimum Gasteiger partial charge on any atom is -0.425 e. The minimum absolute atomic E-state index is 0.159. The Hall–Kier alpha value is -5.52. The van der Waals surface area contributed by atoms with E-state index in [0.29, 0.717) is 37.9 Å². The summed E-state index contributed by atoms with van der Waals surface area (Å²) in [6.45, 7) is 4.74. The molecule has 0 bridgehead atoms. The molecule has 1 amide bonds. The van der Waals surface area contributed by atoms with Gasteiger partial charge >= 0.3 is 12.1 Å². The summed E-state index contributed by atoms with van der Waals surface area (Å²) in [5.41, 5.74) is -1.61. The zero-order chi connectivity index (χ0) is 41.8. The van der Waals surface area contributed by atoms with Crippen molar-refractivity contribution < 1.29 is 56.0 Å². The average Bonchev–Trinajstić information content (AvgIpc) is 3.72. The first-order valence-corrected chi connectivity index (χ1v) is 19.5. The van der Waals surface area contributed by atoms with Crippen molar-refractivity contribution in [2.75, 3.05) is 59.4 Å². The van der Waals surface area contributed by atoms with Crippen LogP contribution >= 0.6 is 11.8 Å². The van der Waals surface area contributed by atoms with Crippen molar-refractivity contribution in [2.24, 2.45) is 0 Å². The normalized spacial score (nSPS) is 20.6. The number of likely N-dealkylation sites (tertiary alicyclic amines) is 1. The highest BCUT2D eigenvalue weighted by molar-refractivity contribution is 8.00. The molecule has 3 aliphatic heterocycles. The van der Waals surface area contributed by atoms with Gasteiger partial charge in [-0.3, -0.25) is 9.69 Å². The predicted molar refractivity (Wildman–Crippen MR) is 204 cm³/mol. The van der Waals surface area contributed by atoms with Crippen LogP contribution in [-0.2, 0) is 50.2 Å². The SMILES string of the molecule is CC(SC1COC(C=CC=Cc2ccc(C#N)cc2F)OC1)C(Cn1cncn1)(OC(=O)OCOC(=O)C=CC(=O)N1CC(N2CCOCC2)C1)c1ccc(F)cc1F. The lowest BCUT2D eigenvalue weighted by Crippen LogP contribution is -2.62. The van der Waals surface area contributed by atoms with E-state index in [1.165, 1.54) is 47.3 Å². The van der Waals surface area contributed by atoms with Crippen molar-refractivity contribution in [2.45, 2.75) is 41.9 Å². The van der Waals surface area contributed by atoms with Gasteiger partial charge in [0, 0.05) is 66.8 Å². The molecular formula is C40H41F3N6O9S. The third-order valence-corrected chi connectivity index (χ3v) is 11.2. The highest BCUT2D eigenvalue weighted by Crippen LogP contribution is 2.42. The van der Waals surface area contributed by atoms with Gasteiger partial charge in [0.1, 0.15) is 30.1 Å². The zero-order valence-electron chi connectivity index (χ0n) is 31.9. The van der Waals surface area contributed by atoms with E-state index in [2.05, 4.69) is 15.0 Å². The van der Waals surface area contributed by atoms with Gasteiger partial charge in [-0.2, -0.15) is 10.4 Å². The van der Waals surface area contributed by atoms with Crippen molar-refractivity contribution in [3.63, 3.8) is 0 Å². The Bertz CT molecular complexity index is 2060. The van der Waals surface area contributed by atoms with Gasteiger partial charge in [0.2, 0.25) is 12.7 Å². The number of carbonyl (C=O) groups excluding carboxylic acids is 3. The predicted octanol–water partition coefficient (Wildman–Crippen LogP) is 4.35. The zero-order valence-corrected chi connectivity index (χ0v) is 32.7. The maximum atomic E-state index is 15.7. The van der Waals surface area contributed by atoms with Crippen LogP contribution < -0.4 is 0 Å². The van der Waals surface area contributed by atoms with E-state index in [-0.39, 0.29) is 48.1 Å². The fraction of sp³-hybridized carbons (Fsp3) is 0.400. The molecule has 3 saturated heterocycles. The number of amides is 1. The summed E-state index contributed by atoms with van der Waals surface area (Å²) < 4.78 is 78.4. The molecule has 59 heavy (non-hydrogen) atoms. The van der Waals surface area contributed by atoms with Gasteiger partial charge in [-0.25, -0.2) is 32.4 Å². The van der Waals surface area contributed by atoms with Crippen molar-refractivity contribution in [1.29, 1.82) is 5.26 Å². The molecule has 1 aromatic heterocycles. The second-order valence-corrected chi connectivity index (χ2v) is 15.2. The van der Waals surface area contributed by atoms with Gasteiger partial charge in [0.15, 0.2) is 11.9 Å². The highest BCUT2D eigenvalue weighted by Gasteiger charge is 2.47. The molecule has 2 atom stereocenters. The number of benzene rings is 2. The molecule has 0 radical (unpaired) electrons. The molecule has 3 aliphatic rings. The van der Waals surface area contributed by atoms with Crippen LogP contribution in [0.25, 0.3) is 6.08 Å². The molecule has 3 fully saturated rings. The summed E-state index contributed by atoms with van der Waals surface area (Å²) in [7, 11) is 0. The molecular weight excluding hydrogens is 798 g/mol. The van der Waals surface area contributed by atoms with Gasteiger partial charge in [-0.05, 0) is 37.3 Å². The molecule has 0 saturated carbocycles. The lowest BCUT2D eigenvalue weighted by atomic mass is 9.89. The van der Waals surface area contributed by atoms with Crippen LogP contribution in [-0.4, -0.2) is 125 Å². The molecule has 0 spiro atoms. The molecule has 0 aliphatic carbocycles. The summed E-state index contributed by atoms with van der Waals surface area (Å²) in [6.07, 6.45) is 8.85. The Balaban J connectivity index is 1.06. The second kappa shape index (κ2) is 20.4. The number of esters is 1. The van der Waals surface area contributed by atoms with Gasteiger partial charge < -0.3 is 33.3 Å². The van der Waals surface area contributed by atoms with Gasteiger partial charge in [0.05, 0.1) is 49.9 Å². The number of thioether (sulfide) groups is 1. The van der Waals surface area contributed by atoms with E-state index in [1.807, 2.05) is 6.07 Å². The van der Waals surface area contributed by atoms with Crippen LogP contribution in [0.3, 0.4) is 0 Å². The molecule has 2 aromatic carbocycles. The third-order valence-electron chi connectivity index (χ3n) is 9.72. The average molecular weight is 839 g/mol. The van der Waals surface area contributed by atoms with Crippen LogP contribution in [0.1, 0.15) is 23.6 Å². The number of ether oxygens (including phenoxy) is 6. The molecule has 3 aromatic rings. The first-order chi connectivity index (χ1) is 28.5. The number of morpholine rings is 1. The lowest BCUT2D eigenvalue weighted by Gasteiger charge is -2.46. The Morgan fingerprint density at radius 1 is 1.03 bits per heavy atom. The number of aromatic nitrogens is 3. The number of nitriles is 1. The quantitative estimate of drug-likeness (QED) is 0.0918. The van der Waals surface area contributed by atoms with Gasteiger partial charge in [-0.1, -0.05) is 24.3 Å². The lowest BCUT2D eigenvalue weighted by molar-refractivity contribution is -0.150. The van der Waals surface area contributed by atoms with E-state index in [1.54, 1.807) is 30.1 Å². The van der Waals surface area contributed by atoms with Crippen LogP contribution in [0.2, 0.25) is 0 Å². The van der Waals surface area contributed by atoms with Crippen LogP contribution in [0.4, 0.5) is 18.0 Å². The first-order valence-electron chi connectivity index (χ1n) is 18.6. The fourth-order valence-electron chi connectivity index (χ4n) is 6.54. The summed E-state index contributed by atoms with van der Waals surface area (Å²) >= 11 is 1.24. The summed E-state index contributed by atoms with van der Waals surface area (Å²) in [5.74, 6) is -3.74. The molecule has 6 rings (SSSR count). The van der Waals surface area contributed by atoms with Crippen LogP contribution in [0, 0.1) is 28.8 Å². The topological polar surface area (TPSA) is 168 Å². The van der Waals surface area contributed by atoms with E-state index >= 15 is 4.39 Å². The number of hydrogen-bond acceptors (Lipinski definition) is 14. The Labute approximate surface area is 341 Å². The summed E-state index contributed by atoms with van der Waals surface area (Å²) in [4.78, 5) is 46.0. The van der Waals surface area contributed by atoms with Crippen molar-refractivity contribution in [3.05, 3.63) is 114 Å². The minimum atomic E-state index is -1.91. The van der Waals surface area contributed by atoms with E-state index < -0.39 is 53.5 Å². The fourth-order valence-corrected chi connectivity index (χ4v) is 7.90. The van der Waals surface area contributed by atoms with Gasteiger partial charge in [0.25, 0.3) is 0 Å². The maximum absolute atomic E-state index is 15.7. The number of carbonyl (C=O) groups is 3. The van der Waals surface area contributed by atoms with Crippen molar-refractivity contribution in [1.82, 2.24) is 24.6 Å². The van der Waals surface area contributed by atoms with E-state index in [0.717, 1.165) is 43.4 Å². The van der Waals surface area contributed by atoms with E-state index in [9.17, 15) is 23.2 Å². The molecule has 15 nitrogen and oxygen atoms in total. The van der Waals surface area contributed by atoms with Crippen molar-refractivity contribution >= 4 is 35.9 Å². The first kappa shape index (κ1) is 43.1. The number of nitrogens with zero attached hydrogens (tertiary/aromatic N) is 6. The Morgan fingerprint density at radius 3 is 2.51 bits per heavy atom. The summed E-state index contributed by atoms with van der Waals surface area (Å²) in [5, 5.41) is 11.9. The highest BCUT2D eigenvalue weighted by atomic mass is 32.2. The van der Waals surface area contributed by atoms with Crippen LogP contribution in [0.5, 0.6) is 0 Å². The Kier molecular flexibility index (Phi) is 14.9. The molecule has 19 heteroatoms. The monoisotopic (exact) mass is 838 g/mol. The smallest absolute Gasteiger partial charge is 0.425 e. The third kappa shape index (κ3) is 11.6. The molecule has 2 unspecified atom stereocenters. The van der Waals surface area contributed by atoms with Gasteiger partial charge in [-0.15, -0.1) is 11.8 Å². The number of rotatable bonds is 15. The second-order valence-electron chi connectivity index (χ2n) is 13.6. The van der Waals surface area contributed by atoms with Crippen molar-refractivity contribution in [3.8, 4) is 6.07 Å². The number of halogens is 3. The largest absolute Gasteiger partial charge is 0.512 e. The summed E-state index contributed by atoms with van der Waals surface area (Å²) in [6, 6.07) is 9.10. The van der Waals surface area contributed by atoms with Crippen LogP contribution in [0.15, 0.2) is 79.4 Å². The van der Waals surface area contributed by atoms with E-state index in [4.69, 9.17) is 33.7 Å².